The second kappa shape index (κ2) is 7.82. The van der Waals surface area contributed by atoms with E-state index in [1.807, 2.05) is 55.5 Å². The summed E-state index contributed by atoms with van der Waals surface area (Å²) < 4.78 is 0.634. The number of anilines is 1. The molecular formula is C24H16N4O3S. The van der Waals surface area contributed by atoms with Crippen LogP contribution in [-0.2, 0) is 0 Å². The molecule has 0 saturated carbocycles. The van der Waals surface area contributed by atoms with Gasteiger partial charge in [-0.25, -0.2) is 9.97 Å². The molecule has 0 radical (unpaired) electrons. The van der Waals surface area contributed by atoms with Gasteiger partial charge in [-0.1, -0.05) is 59.4 Å². The van der Waals surface area contributed by atoms with Crippen molar-refractivity contribution >= 4 is 49.2 Å². The van der Waals surface area contributed by atoms with Crippen LogP contribution in [0.2, 0.25) is 0 Å². The summed E-state index contributed by atoms with van der Waals surface area (Å²) in [5.74, 6) is -0.314. The fraction of sp³-hybridized carbons (Fsp3) is 0.0417. The summed E-state index contributed by atoms with van der Waals surface area (Å²) in [6.07, 6.45) is 0. The number of nitrogens with zero attached hydrogens (tertiary/aromatic N) is 3. The number of amides is 1. The van der Waals surface area contributed by atoms with Crippen LogP contribution >= 0.6 is 11.3 Å². The number of aromatic nitrogens is 2. The molecule has 0 aliphatic carbocycles. The summed E-state index contributed by atoms with van der Waals surface area (Å²) in [4.78, 5) is 32.9. The smallest absolute Gasteiger partial charge is 0.270 e. The maximum Gasteiger partial charge on any atom is 0.270 e. The van der Waals surface area contributed by atoms with Gasteiger partial charge in [-0.05, 0) is 25.1 Å². The largest absolute Gasteiger partial charge is 0.298 e. The Morgan fingerprint density at radius 3 is 2.53 bits per heavy atom. The van der Waals surface area contributed by atoms with Crippen molar-refractivity contribution in [3.05, 3.63) is 94.0 Å². The Balaban J connectivity index is 1.54. The molecule has 3 aromatic carbocycles. The van der Waals surface area contributed by atoms with Gasteiger partial charge < -0.3 is 0 Å². The van der Waals surface area contributed by atoms with Crippen molar-refractivity contribution in [2.24, 2.45) is 0 Å². The first-order valence-corrected chi connectivity index (χ1v) is 10.6. The van der Waals surface area contributed by atoms with E-state index in [9.17, 15) is 14.9 Å². The SMILES string of the molecule is Cc1ccc(-c2cc(C(=O)Nc3nc4ccc([N+](=O)[O-])cc4s3)c3ccccc3n2)cc1. The second-order valence-corrected chi connectivity index (χ2v) is 8.35. The number of hydrogen-bond donors (Lipinski definition) is 1. The molecule has 156 valence electrons. The number of aryl methyl sites for hydroxylation is 1. The number of rotatable bonds is 4. The predicted molar refractivity (Wildman–Crippen MR) is 126 cm³/mol. The molecule has 0 bridgehead atoms. The van der Waals surface area contributed by atoms with Gasteiger partial charge in [0.1, 0.15) is 0 Å². The van der Waals surface area contributed by atoms with E-state index in [0.29, 0.717) is 26.6 Å². The third-order valence-corrected chi connectivity index (χ3v) is 6.05. The van der Waals surface area contributed by atoms with Gasteiger partial charge in [0, 0.05) is 23.1 Å². The average molecular weight is 440 g/mol. The normalized spacial score (nSPS) is 11.0. The van der Waals surface area contributed by atoms with Crippen molar-refractivity contribution in [2.75, 3.05) is 5.32 Å². The van der Waals surface area contributed by atoms with Crippen LogP contribution in [0.4, 0.5) is 10.8 Å². The van der Waals surface area contributed by atoms with Gasteiger partial charge in [0.25, 0.3) is 11.6 Å². The number of non-ortho nitro benzene ring substituents is 1. The maximum atomic E-state index is 13.2. The molecule has 5 rings (SSSR count). The van der Waals surface area contributed by atoms with Crippen LogP contribution in [0.15, 0.2) is 72.8 Å². The number of para-hydroxylation sites is 1. The number of hydrogen-bond acceptors (Lipinski definition) is 6. The Labute approximate surface area is 186 Å². The molecule has 5 aromatic rings. The van der Waals surface area contributed by atoms with Gasteiger partial charge >= 0.3 is 0 Å². The molecule has 32 heavy (non-hydrogen) atoms. The number of nitro groups is 1. The highest BCUT2D eigenvalue weighted by atomic mass is 32.1. The minimum atomic E-state index is -0.451. The second-order valence-electron chi connectivity index (χ2n) is 7.32. The quantitative estimate of drug-likeness (QED) is 0.274. The molecule has 7 nitrogen and oxygen atoms in total. The van der Waals surface area contributed by atoms with Crippen LogP contribution < -0.4 is 5.32 Å². The van der Waals surface area contributed by atoms with Crippen molar-refractivity contribution in [3.63, 3.8) is 0 Å². The van der Waals surface area contributed by atoms with Crippen LogP contribution in [0.1, 0.15) is 15.9 Å². The van der Waals surface area contributed by atoms with Crippen molar-refractivity contribution in [1.82, 2.24) is 9.97 Å². The first kappa shape index (κ1) is 19.8. The molecule has 0 fully saturated rings. The zero-order chi connectivity index (χ0) is 22.2. The third kappa shape index (κ3) is 3.67. The van der Waals surface area contributed by atoms with Gasteiger partial charge in [-0.2, -0.15) is 0 Å². The van der Waals surface area contributed by atoms with Gasteiger partial charge in [0.15, 0.2) is 5.13 Å². The summed E-state index contributed by atoms with van der Waals surface area (Å²) >= 11 is 1.20. The van der Waals surface area contributed by atoms with Crippen LogP contribution in [0.5, 0.6) is 0 Å². The van der Waals surface area contributed by atoms with E-state index in [2.05, 4.69) is 10.3 Å². The summed E-state index contributed by atoms with van der Waals surface area (Å²) in [6, 6.07) is 21.7. The fourth-order valence-electron chi connectivity index (χ4n) is 3.48. The Bertz CT molecular complexity index is 1510. The third-order valence-electron chi connectivity index (χ3n) is 5.11. The molecule has 0 atom stereocenters. The number of carbonyl (C=O) groups excluding carboxylic acids is 1. The highest BCUT2D eigenvalue weighted by Gasteiger charge is 2.17. The number of benzene rings is 3. The topological polar surface area (TPSA) is 98.0 Å². The molecule has 8 heteroatoms. The van der Waals surface area contributed by atoms with Crippen LogP contribution in [0, 0.1) is 17.0 Å². The average Bonchev–Trinajstić information content (AvgIpc) is 3.20. The lowest BCUT2D eigenvalue weighted by atomic mass is 10.0. The Morgan fingerprint density at radius 2 is 1.75 bits per heavy atom. The molecule has 1 N–H and O–H groups in total. The lowest BCUT2D eigenvalue weighted by Crippen LogP contribution is -2.13. The van der Waals surface area contributed by atoms with Gasteiger partial charge in [0.2, 0.25) is 0 Å². The Morgan fingerprint density at radius 1 is 0.969 bits per heavy atom. The molecule has 2 aromatic heterocycles. The molecule has 1 amide bonds. The summed E-state index contributed by atoms with van der Waals surface area (Å²) in [6.45, 7) is 2.02. The molecule has 2 heterocycles. The number of fused-ring (bicyclic) bond motifs is 2. The standard InChI is InChI=1S/C24H16N4O3S/c1-14-6-8-15(9-7-14)21-13-18(17-4-2-3-5-19(17)25-21)23(29)27-24-26-20-11-10-16(28(30)31)12-22(20)32-24/h2-13H,1H3,(H,26,27,29). The van der Waals surface area contributed by atoms with Gasteiger partial charge in [0.05, 0.1) is 31.9 Å². The first-order valence-electron chi connectivity index (χ1n) is 9.81. The van der Waals surface area contributed by atoms with E-state index >= 15 is 0 Å². The summed E-state index contributed by atoms with van der Waals surface area (Å²) in [7, 11) is 0. The van der Waals surface area contributed by atoms with Gasteiger partial charge in [-0.15, -0.1) is 0 Å². The number of carbonyl (C=O) groups is 1. The number of nitrogens with one attached hydrogen (secondary N) is 1. The van der Waals surface area contributed by atoms with Crippen molar-refractivity contribution < 1.29 is 9.72 Å². The molecule has 0 unspecified atom stereocenters. The number of pyridine rings is 1. The number of thiazole rings is 1. The minimum Gasteiger partial charge on any atom is -0.298 e. The molecule has 0 spiro atoms. The monoisotopic (exact) mass is 440 g/mol. The molecular weight excluding hydrogens is 424 g/mol. The lowest BCUT2D eigenvalue weighted by molar-refractivity contribution is -0.384. The molecule has 0 saturated heterocycles. The molecule has 0 aliphatic heterocycles. The predicted octanol–water partition coefficient (Wildman–Crippen LogP) is 5.98. The summed E-state index contributed by atoms with van der Waals surface area (Å²) in [5.41, 5.74) is 4.55. The van der Waals surface area contributed by atoms with E-state index in [0.717, 1.165) is 22.0 Å². The van der Waals surface area contributed by atoms with Crippen molar-refractivity contribution in [3.8, 4) is 11.3 Å². The maximum absolute atomic E-state index is 13.2. The van der Waals surface area contributed by atoms with Crippen LogP contribution in [0.3, 0.4) is 0 Å². The van der Waals surface area contributed by atoms with E-state index in [4.69, 9.17) is 4.98 Å². The van der Waals surface area contributed by atoms with E-state index in [1.165, 1.54) is 23.5 Å². The Kier molecular flexibility index (Phi) is 4.84. The van der Waals surface area contributed by atoms with E-state index < -0.39 is 4.92 Å². The van der Waals surface area contributed by atoms with Crippen molar-refractivity contribution in [1.29, 1.82) is 0 Å². The Hall–Kier alpha value is -4.17. The fourth-order valence-corrected chi connectivity index (χ4v) is 4.37. The van der Waals surface area contributed by atoms with Crippen molar-refractivity contribution in [2.45, 2.75) is 6.92 Å². The zero-order valence-corrected chi connectivity index (χ0v) is 17.7. The lowest BCUT2D eigenvalue weighted by Gasteiger charge is -2.10. The number of nitro benzene ring substituents is 1. The highest BCUT2D eigenvalue weighted by Crippen LogP contribution is 2.31. The zero-order valence-electron chi connectivity index (χ0n) is 16.9. The van der Waals surface area contributed by atoms with Crippen LogP contribution in [0.25, 0.3) is 32.4 Å². The summed E-state index contributed by atoms with van der Waals surface area (Å²) in [5, 5.41) is 15.0. The van der Waals surface area contributed by atoms with E-state index in [1.54, 1.807) is 12.1 Å². The van der Waals surface area contributed by atoms with Gasteiger partial charge in [-0.3, -0.25) is 20.2 Å². The minimum absolute atomic E-state index is 0.0121. The first-order chi connectivity index (χ1) is 15.5. The van der Waals surface area contributed by atoms with Crippen LogP contribution in [-0.4, -0.2) is 20.8 Å². The van der Waals surface area contributed by atoms with E-state index in [-0.39, 0.29) is 11.6 Å². The highest BCUT2D eigenvalue weighted by molar-refractivity contribution is 7.22. The molecule has 0 aliphatic rings.